The number of esters is 1. The summed E-state index contributed by atoms with van der Waals surface area (Å²) in [6.07, 6.45) is 0.812. The molecule has 0 amide bonds. The molecular formula is C20H16O4S. The van der Waals surface area contributed by atoms with Crippen LogP contribution in [-0.2, 0) is 11.3 Å². The Labute approximate surface area is 149 Å². The van der Waals surface area contributed by atoms with Crippen LogP contribution in [0.1, 0.15) is 25.6 Å². The molecule has 0 radical (unpaired) electrons. The molecule has 0 aliphatic carbocycles. The Kier molecular flexibility index (Phi) is 5.26. The summed E-state index contributed by atoms with van der Waals surface area (Å²) in [4.78, 5) is 24.9. The Hall–Kier alpha value is -2.92. The molecule has 1 aromatic heterocycles. The van der Waals surface area contributed by atoms with Crippen molar-refractivity contribution in [2.24, 2.45) is 0 Å². The van der Waals surface area contributed by atoms with E-state index in [1.807, 2.05) is 42.5 Å². The van der Waals surface area contributed by atoms with Crippen LogP contribution in [-0.4, -0.2) is 19.4 Å². The molecule has 25 heavy (non-hydrogen) atoms. The number of carbonyl (C=O) groups is 2. The molecule has 0 aliphatic rings. The molecule has 3 rings (SSSR count). The average molecular weight is 352 g/mol. The summed E-state index contributed by atoms with van der Waals surface area (Å²) in [5, 5.41) is 0. The van der Waals surface area contributed by atoms with E-state index in [9.17, 15) is 9.59 Å². The molecule has 0 aliphatic heterocycles. The summed E-state index contributed by atoms with van der Waals surface area (Å²) >= 11 is 1.37. The average Bonchev–Trinajstić information content (AvgIpc) is 3.15. The van der Waals surface area contributed by atoms with Crippen LogP contribution in [0.5, 0.6) is 5.75 Å². The van der Waals surface area contributed by atoms with Crippen LogP contribution in [0.25, 0.3) is 10.4 Å². The lowest BCUT2D eigenvalue weighted by Crippen LogP contribution is -2.07. The van der Waals surface area contributed by atoms with Gasteiger partial charge in [-0.1, -0.05) is 30.3 Å². The number of thiophene rings is 1. The fourth-order valence-corrected chi connectivity index (χ4v) is 3.21. The second-order valence-corrected chi connectivity index (χ2v) is 6.41. The summed E-state index contributed by atoms with van der Waals surface area (Å²) in [5.41, 5.74) is 2.11. The van der Waals surface area contributed by atoms with E-state index in [4.69, 9.17) is 9.47 Å². The molecule has 126 valence electrons. The second kappa shape index (κ2) is 7.77. The van der Waals surface area contributed by atoms with Crippen molar-refractivity contribution in [3.05, 3.63) is 76.7 Å². The van der Waals surface area contributed by atoms with E-state index in [0.717, 1.165) is 22.3 Å². The van der Waals surface area contributed by atoms with Gasteiger partial charge in [-0.15, -0.1) is 11.3 Å². The maximum atomic E-state index is 12.5. The zero-order valence-electron chi connectivity index (χ0n) is 13.6. The van der Waals surface area contributed by atoms with E-state index in [2.05, 4.69) is 0 Å². The minimum atomic E-state index is -0.449. The smallest absolute Gasteiger partial charge is 0.342 e. The van der Waals surface area contributed by atoms with Crippen molar-refractivity contribution in [2.75, 3.05) is 7.11 Å². The molecule has 1 heterocycles. The number of methoxy groups -OCH3 is 1. The van der Waals surface area contributed by atoms with Crippen molar-refractivity contribution in [1.82, 2.24) is 0 Å². The fourth-order valence-electron chi connectivity index (χ4n) is 2.39. The van der Waals surface area contributed by atoms with Gasteiger partial charge in [-0.3, -0.25) is 4.79 Å². The maximum Gasteiger partial charge on any atom is 0.342 e. The quantitative estimate of drug-likeness (QED) is 0.481. The van der Waals surface area contributed by atoms with Gasteiger partial charge >= 0.3 is 5.97 Å². The molecule has 5 heteroatoms. The SMILES string of the molecule is COc1ccc(-c2ccc(C=O)s2)cc1C(=O)OCc1ccccc1. The van der Waals surface area contributed by atoms with Crippen molar-refractivity contribution in [3.8, 4) is 16.2 Å². The van der Waals surface area contributed by atoms with Gasteiger partial charge in [-0.05, 0) is 41.5 Å². The Balaban J connectivity index is 1.84. The number of carbonyl (C=O) groups excluding carboxylic acids is 2. The number of ether oxygens (including phenoxy) is 2. The van der Waals surface area contributed by atoms with E-state index in [1.165, 1.54) is 18.4 Å². The minimum Gasteiger partial charge on any atom is -0.496 e. The Bertz CT molecular complexity index is 884. The number of aldehydes is 1. The normalized spacial score (nSPS) is 10.3. The van der Waals surface area contributed by atoms with Crippen LogP contribution < -0.4 is 4.74 Å². The Morgan fingerprint density at radius 3 is 2.56 bits per heavy atom. The van der Waals surface area contributed by atoms with Crippen molar-refractivity contribution in [1.29, 1.82) is 0 Å². The van der Waals surface area contributed by atoms with E-state index < -0.39 is 5.97 Å². The number of hydrogen-bond donors (Lipinski definition) is 0. The van der Waals surface area contributed by atoms with E-state index >= 15 is 0 Å². The molecule has 0 atom stereocenters. The lowest BCUT2D eigenvalue weighted by atomic mass is 10.1. The van der Waals surface area contributed by atoms with E-state index in [1.54, 1.807) is 18.2 Å². The van der Waals surface area contributed by atoms with E-state index in [0.29, 0.717) is 16.2 Å². The van der Waals surface area contributed by atoms with Gasteiger partial charge in [0.25, 0.3) is 0 Å². The summed E-state index contributed by atoms with van der Waals surface area (Å²) in [7, 11) is 1.51. The third-order valence-corrected chi connectivity index (χ3v) is 4.72. The Morgan fingerprint density at radius 2 is 1.88 bits per heavy atom. The first-order valence-electron chi connectivity index (χ1n) is 7.65. The van der Waals surface area contributed by atoms with Crippen LogP contribution in [0.3, 0.4) is 0 Å². The van der Waals surface area contributed by atoms with Crippen LogP contribution in [0.4, 0.5) is 0 Å². The number of benzene rings is 2. The van der Waals surface area contributed by atoms with Crippen molar-refractivity contribution < 1.29 is 19.1 Å². The first-order chi connectivity index (χ1) is 12.2. The highest BCUT2D eigenvalue weighted by atomic mass is 32.1. The Morgan fingerprint density at radius 1 is 1.08 bits per heavy atom. The fraction of sp³-hybridized carbons (Fsp3) is 0.100. The molecule has 0 spiro atoms. The number of hydrogen-bond acceptors (Lipinski definition) is 5. The standard InChI is InChI=1S/C20H16O4S/c1-23-18-9-7-15(19-10-8-16(12-21)25-19)11-17(18)20(22)24-13-14-5-3-2-4-6-14/h2-12H,13H2,1H3. The van der Waals surface area contributed by atoms with Gasteiger partial charge in [-0.2, -0.15) is 0 Å². The van der Waals surface area contributed by atoms with Gasteiger partial charge in [-0.25, -0.2) is 4.79 Å². The molecular weight excluding hydrogens is 336 g/mol. The monoisotopic (exact) mass is 352 g/mol. The topological polar surface area (TPSA) is 52.6 Å². The molecule has 0 unspecified atom stereocenters. The molecule has 0 bridgehead atoms. The molecule has 0 saturated heterocycles. The molecule has 2 aromatic carbocycles. The van der Waals surface area contributed by atoms with Crippen LogP contribution in [0.15, 0.2) is 60.7 Å². The molecule has 4 nitrogen and oxygen atoms in total. The predicted octanol–water partition coefficient (Wildman–Crippen LogP) is 4.59. The summed E-state index contributed by atoms with van der Waals surface area (Å²) < 4.78 is 10.7. The van der Waals surface area contributed by atoms with Crippen LogP contribution >= 0.6 is 11.3 Å². The van der Waals surface area contributed by atoms with Crippen molar-refractivity contribution in [2.45, 2.75) is 6.61 Å². The zero-order chi connectivity index (χ0) is 17.6. The highest BCUT2D eigenvalue weighted by Gasteiger charge is 2.16. The van der Waals surface area contributed by atoms with Crippen molar-refractivity contribution >= 4 is 23.6 Å². The first-order valence-corrected chi connectivity index (χ1v) is 8.47. The molecule has 0 fully saturated rings. The first kappa shape index (κ1) is 16.9. The lowest BCUT2D eigenvalue weighted by Gasteiger charge is -2.10. The molecule has 3 aromatic rings. The van der Waals surface area contributed by atoms with Crippen LogP contribution in [0, 0.1) is 0 Å². The summed E-state index contributed by atoms with van der Waals surface area (Å²) in [5.74, 6) is 0.00342. The largest absolute Gasteiger partial charge is 0.496 e. The molecule has 0 saturated carbocycles. The van der Waals surface area contributed by atoms with Crippen LogP contribution in [0.2, 0.25) is 0 Å². The lowest BCUT2D eigenvalue weighted by molar-refractivity contribution is 0.0469. The van der Waals surface area contributed by atoms with Crippen molar-refractivity contribution in [3.63, 3.8) is 0 Å². The number of rotatable bonds is 6. The zero-order valence-corrected chi connectivity index (χ0v) is 14.4. The van der Waals surface area contributed by atoms with Gasteiger partial charge in [0.2, 0.25) is 0 Å². The maximum absolute atomic E-state index is 12.5. The van der Waals surface area contributed by atoms with Gasteiger partial charge in [0.15, 0.2) is 6.29 Å². The second-order valence-electron chi connectivity index (χ2n) is 5.30. The van der Waals surface area contributed by atoms with Gasteiger partial charge in [0.05, 0.1) is 12.0 Å². The van der Waals surface area contributed by atoms with E-state index in [-0.39, 0.29) is 6.61 Å². The van der Waals surface area contributed by atoms with Gasteiger partial charge in [0.1, 0.15) is 17.9 Å². The highest BCUT2D eigenvalue weighted by molar-refractivity contribution is 7.17. The third-order valence-electron chi connectivity index (χ3n) is 3.66. The van der Waals surface area contributed by atoms with Gasteiger partial charge < -0.3 is 9.47 Å². The third kappa shape index (κ3) is 3.95. The van der Waals surface area contributed by atoms with Gasteiger partial charge in [0, 0.05) is 4.88 Å². The minimum absolute atomic E-state index is 0.196. The predicted molar refractivity (Wildman–Crippen MR) is 97.3 cm³/mol. The highest BCUT2D eigenvalue weighted by Crippen LogP contribution is 2.31. The summed E-state index contributed by atoms with van der Waals surface area (Å²) in [6, 6.07) is 18.4. The summed E-state index contributed by atoms with van der Waals surface area (Å²) in [6.45, 7) is 0.196. The molecule has 0 N–H and O–H groups in total.